The molecule has 2 aromatic carbocycles. The molecule has 0 unspecified atom stereocenters. The molecule has 0 atom stereocenters. The van der Waals surface area contributed by atoms with Crippen LogP contribution in [-0.2, 0) is 16.1 Å². The second-order valence-corrected chi connectivity index (χ2v) is 11.4. The lowest BCUT2D eigenvalue weighted by atomic mass is 9.49. The van der Waals surface area contributed by atoms with E-state index in [1.807, 2.05) is 42.5 Å². The minimum absolute atomic E-state index is 0.0376. The van der Waals surface area contributed by atoms with Gasteiger partial charge in [-0.2, -0.15) is 0 Å². The van der Waals surface area contributed by atoms with Crippen LogP contribution in [0.5, 0.6) is 5.75 Å². The zero-order valence-corrected chi connectivity index (χ0v) is 22.0. The molecule has 0 spiro atoms. The molecular weight excluding hydrogens is 480 g/mol. The van der Waals surface area contributed by atoms with E-state index in [4.69, 9.17) is 9.47 Å². The van der Waals surface area contributed by atoms with Crippen LogP contribution >= 0.6 is 0 Å². The number of amides is 1. The van der Waals surface area contributed by atoms with Crippen LogP contribution in [0.15, 0.2) is 53.3 Å². The van der Waals surface area contributed by atoms with Gasteiger partial charge in [0.2, 0.25) is 5.91 Å². The van der Waals surface area contributed by atoms with Gasteiger partial charge in [-0.05, 0) is 99.1 Å². The lowest BCUT2D eigenvalue weighted by Crippen LogP contribution is -2.51. The molecule has 38 heavy (non-hydrogen) atoms. The van der Waals surface area contributed by atoms with Gasteiger partial charge in [-0.1, -0.05) is 18.2 Å². The van der Waals surface area contributed by atoms with E-state index in [0.29, 0.717) is 34.3 Å². The van der Waals surface area contributed by atoms with Crippen molar-refractivity contribution in [1.29, 1.82) is 0 Å². The first-order valence-electron chi connectivity index (χ1n) is 13.7. The highest BCUT2D eigenvalue weighted by molar-refractivity contribution is 6.05. The molecule has 0 aliphatic heterocycles. The molecule has 3 aromatic rings. The number of nitrogens with one attached hydrogen (secondary N) is 1. The molecular formula is C31H34N2O5. The van der Waals surface area contributed by atoms with Gasteiger partial charge in [0, 0.05) is 5.39 Å². The quantitative estimate of drug-likeness (QED) is 0.427. The first kappa shape index (κ1) is 24.7. The molecule has 4 fully saturated rings. The van der Waals surface area contributed by atoms with Crippen molar-refractivity contribution in [3.63, 3.8) is 0 Å². The van der Waals surface area contributed by atoms with E-state index in [-0.39, 0.29) is 30.0 Å². The number of anilines is 1. The number of rotatable bonds is 7. The molecule has 4 aliphatic rings. The molecule has 1 heterocycles. The fourth-order valence-corrected chi connectivity index (χ4v) is 7.58. The zero-order valence-electron chi connectivity index (χ0n) is 22.0. The van der Waals surface area contributed by atoms with E-state index in [1.165, 1.54) is 19.3 Å². The van der Waals surface area contributed by atoms with E-state index in [2.05, 4.69) is 5.32 Å². The number of carbonyl (C=O) groups is 2. The van der Waals surface area contributed by atoms with Gasteiger partial charge in [0.25, 0.3) is 5.56 Å². The van der Waals surface area contributed by atoms with Crippen molar-refractivity contribution in [3.05, 3.63) is 70.0 Å². The van der Waals surface area contributed by atoms with E-state index < -0.39 is 11.5 Å². The van der Waals surface area contributed by atoms with E-state index in [0.717, 1.165) is 30.6 Å². The van der Waals surface area contributed by atoms with E-state index in [9.17, 15) is 14.4 Å². The zero-order chi connectivity index (χ0) is 26.4. The number of hydrogen-bond donors (Lipinski definition) is 1. The van der Waals surface area contributed by atoms with Gasteiger partial charge in [-0.25, -0.2) is 4.79 Å². The first-order valence-corrected chi connectivity index (χ1v) is 13.7. The van der Waals surface area contributed by atoms with E-state index >= 15 is 0 Å². The highest BCUT2D eigenvalue weighted by Gasteiger charge is 2.54. The normalized spacial score (nSPS) is 25.4. The Bertz CT molecular complexity index is 1420. The predicted octanol–water partition coefficient (Wildman–Crippen LogP) is 5.39. The third-order valence-corrected chi connectivity index (χ3v) is 8.90. The predicted molar refractivity (Wildman–Crippen MR) is 145 cm³/mol. The molecule has 7 heteroatoms. The molecule has 4 saturated carbocycles. The largest absolute Gasteiger partial charge is 0.497 e. The lowest BCUT2D eigenvalue weighted by Gasteiger charge is -2.55. The SMILES string of the molecule is CCOC(=O)c1cc2c(NC(=O)C34CC5CC(CC(C5)C3)C4)cccc2n(Cc2ccc(OC)cc2)c1=O. The molecule has 0 saturated heterocycles. The minimum atomic E-state index is -0.662. The number of benzene rings is 2. The third kappa shape index (κ3) is 4.28. The van der Waals surface area contributed by atoms with Gasteiger partial charge < -0.3 is 19.4 Å². The summed E-state index contributed by atoms with van der Waals surface area (Å²) >= 11 is 0. The molecule has 198 valence electrons. The van der Waals surface area contributed by atoms with Crippen molar-refractivity contribution in [2.45, 2.75) is 52.0 Å². The van der Waals surface area contributed by atoms with Crippen molar-refractivity contribution in [2.75, 3.05) is 19.0 Å². The summed E-state index contributed by atoms with van der Waals surface area (Å²) in [6.07, 6.45) is 6.69. The number of pyridine rings is 1. The number of carbonyl (C=O) groups excluding carboxylic acids is 2. The number of aromatic nitrogens is 1. The van der Waals surface area contributed by atoms with Crippen molar-refractivity contribution in [1.82, 2.24) is 4.57 Å². The maximum absolute atomic E-state index is 13.9. The van der Waals surface area contributed by atoms with Gasteiger partial charge in [0.05, 0.1) is 36.9 Å². The number of nitrogens with zero attached hydrogens (tertiary/aromatic N) is 1. The van der Waals surface area contributed by atoms with Crippen LogP contribution < -0.4 is 15.6 Å². The summed E-state index contributed by atoms with van der Waals surface area (Å²) in [5.74, 6) is 2.11. The topological polar surface area (TPSA) is 86.6 Å². The van der Waals surface area contributed by atoms with Crippen molar-refractivity contribution in [3.8, 4) is 5.75 Å². The second-order valence-electron chi connectivity index (χ2n) is 11.4. The summed E-state index contributed by atoms with van der Waals surface area (Å²) < 4.78 is 12.1. The molecule has 7 rings (SSSR count). The van der Waals surface area contributed by atoms with Crippen LogP contribution in [0.4, 0.5) is 5.69 Å². The monoisotopic (exact) mass is 514 g/mol. The van der Waals surface area contributed by atoms with Crippen LogP contribution in [-0.4, -0.2) is 30.2 Å². The van der Waals surface area contributed by atoms with Gasteiger partial charge in [0.15, 0.2) is 0 Å². The Morgan fingerprint density at radius 3 is 2.26 bits per heavy atom. The number of methoxy groups -OCH3 is 1. The van der Waals surface area contributed by atoms with Gasteiger partial charge in [-0.3, -0.25) is 9.59 Å². The Hall–Kier alpha value is -3.61. The van der Waals surface area contributed by atoms with Crippen molar-refractivity contribution >= 4 is 28.5 Å². The Labute approximate surface area is 222 Å². The Kier molecular flexibility index (Phi) is 6.25. The van der Waals surface area contributed by atoms with Crippen molar-refractivity contribution in [2.24, 2.45) is 23.2 Å². The maximum atomic E-state index is 13.9. The van der Waals surface area contributed by atoms with Gasteiger partial charge >= 0.3 is 5.97 Å². The number of ether oxygens (including phenoxy) is 2. The van der Waals surface area contributed by atoms with E-state index in [1.54, 1.807) is 24.7 Å². The summed E-state index contributed by atoms with van der Waals surface area (Å²) in [5.41, 5.74) is 1.40. The highest BCUT2D eigenvalue weighted by atomic mass is 16.5. The Morgan fingerprint density at radius 2 is 1.66 bits per heavy atom. The third-order valence-electron chi connectivity index (χ3n) is 8.90. The van der Waals surface area contributed by atoms with Gasteiger partial charge in [0.1, 0.15) is 11.3 Å². The average molecular weight is 515 g/mol. The summed E-state index contributed by atoms with van der Waals surface area (Å²) in [6.45, 7) is 2.14. The summed E-state index contributed by atoms with van der Waals surface area (Å²) in [7, 11) is 1.61. The molecule has 0 radical (unpaired) electrons. The van der Waals surface area contributed by atoms with Gasteiger partial charge in [-0.15, -0.1) is 0 Å². The highest BCUT2D eigenvalue weighted by Crippen LogP contribution is 2.60. The Balaban J connectivity index is 1.41. The number of esters is 1. The van der Waals surface area contributed by atoms with Crippen LogP contribution in [0.3, 0.4) is 0 Å². The summed E-state index contributed by atoms with van der Waals surface area (Å²) in [5, 5.41) is 3.90. The molecule has 1 N–H and O–H groups in total. The van der Waals surface area contributed by atoms with Crippen LogP contribution in [0.1, 0.15) is 61.4 Å². The van der Waals surface area contributed by atoms with Crippen LogP contribution in [0, 0.1) is 23.2 Å². The molecule has 1 aromatic heterocycles. The molecule has 4 bridgehead atoms. The first-order chi connectivity index (χ1) is 18.4. The number of hydrogen-bond acceptors (Lipinski definition) is 5. The lowest BCUT2D eigenvalue weighted by molar-refractivity contribution is -0.140. The minimum Gasteiger partial charge on any atom is -0.497 e. The standard InChI is InChI=1S/C31H34N2O5/c1-3-38-29(35)25-14-24-26(32-30(36)31-15-20-11-21(16-31)13-22(12-20)17-31)5-4-6-27(24)33(28(25)34)18-19-7-9-23(37-2)10-8-19/h4-10,14,20-22H,3,11-13,15-18H2,1-2H3,(H,32,36). The summed E-state index contributed by atoms with van der Waals surface area (Å²) in [4.78, 5) is 40.2. The Morgan fingerprint density at radius 1 is 1.00 bits per heavy atom. The maximum Gasteiger partial charge on any atom is 0.343 e. The molecule has 1 amide bonds. The summed E-state index contributed by atoms with van der Waals surface area (Å²) in [6, 6.07) is 14.6. The fraction of sp³-hybridized carbons (Fsp3) is 0.452. The second kappa shape index (κ2) is 9.61. The smallest absolute Gasteiger partial charge is 0.343 e. The van der Waals surface area contributed by atoms with Crippen LogP contribution in [0.2, 0.25) is 0 Å². The van der Waals surface area contributed by atoms with Crippen molar-refractivity contribution < 1.29 is 19.1 Å². The average Bonchev–Trinajstić information content (AvgIpc) is 2.90. The number of fused-ring (bicyclic) bond motifs is 1. The molecule has 7 nitrogen and oxygen atoms in total. The van der Waals surface area contributed by atoms with Crippen LogP contribution in [0.25, 0.3) is 10.9 Å². The fourth-order valence-electron chi connectivity index (χ4n) is 7.58. The molecule has 4 aliphatic carbocycles.